The van der Waals surface area contributed by atoms with E-state index >= 15 is 0 Å². The topological polar surface area (TPSA) is 83.6 Å². The summed E-state index contributed by atoms with van der Waals surface area (Å²) in [6, 6.07) is 7.08. The van der Waals surface area contributed by atoms with Gasteiger partial charge in [0.15, 0.2) is 0 Å². The Labute approximate surface area is 191 Å². The number of fused-ring (bicyclic) bond motifs is 1. The van der Waals surface area contributed by atoms with Gasteiger partial charge in [-0.1, -0.05) is 26.0 Å². The molecule has 0 aliphatic carbocycles. The third-order valence-electron chi connectivity index (χ3n) is 5.57. The highest BCUT2D eigenvalue weighted by molar-refractivity contribution is 5.95. The van der Waals surface area contributed by atoms with Crippen LogP contribution in [0.15, 0.2) is 53.3 Å². The van der Waals surface area contributed by atoms with Crippen LogP contribution < -0.4 is 11.1 Å². The van der Waals surface area contributed by atoms with Crippen molar-refractivity contribution in [3.05, 3.63) is 76.2 Å². The molecule has 6 nitrogen and oxygen atoms in total. The summed E-state index contributed by atoms with van der Waals surface area (Å²) in [5.41, 5.74) is 8.63. The van der Waals surface area contributed by atoms with Gasteiger partial charge >= 0.3 is 6.18 Å². The molecule has 1 aliphatic rings. The zero-order valence-corrected chi connectivity index (χ0v) is 18.9. The molecule has 1 aromatic carbocycles. The highest BCUT2D eigenvalue weighted by Gasteiger charge is 2.35. The van der Waals surface area contributed by atoms with Crippen LogP contribution in [-0.2, 0) is 19.3 Å². The molecule has 3 rings (SSSR count). The molecule has 1 amide bonds. The summed E-state index contributed by atoms with van der Waals surface area (Å²) >= 11 is 0. The number of carbonyl (C=O) groups excluding carboxylic acids is 1. The van der Waals surface area contributed by atoms with Crippen molar-refractivity contribution in [3.63, 3.8) is 0 Å². The highest BCUT2D eigenvalue weighted by atomic mass is 19.4. The SMILES string of the molecule is CN=C/C(=C\N)CNC(=O)c1cnc2c(c1)CN(Cc1ccc(C(F)(F)F)cc1)[C@H]2C(C)C. The molecule has 0 fully saturated rings. The third kappa shape index (κ3) is 5.78. The molecule has 33 heavy (non-hydrogen) atoms. The van der Waals surface area contributed by atoms with Crippen molar-refractivity contribution in [2.24, 2.45) is 16.6 Å². The van der Waals surface area contributed by atoms with Gasteiger partial charge < -0.3 is 11.1 Å². The molecular formula is C24H28F3N5O. The van der Waals surface area contributed by atoms with E-state index in [1.807, 2.05) is 6.07 Å². The Hall–Kier alpha value is -3.20. The highest BCUT2D eigenvalue weighted by Crippen LogP contribution is 2.39. The Kier molecular flexibility index (Phi) is 7.53. The van der Waals surface area contributed by atoms with Gasteiger partial charge in [0.05, 0.1) is 22.9 Å². The number of pyridine rings is 1. The van der Waals surface area contributed by atoms with Gasteiger partial charge in [-0.25, -0.2) is 0 Å². The second-order valence-electron chi connectivity index (χ2n) is 8.37. The van der Waals surface area contributed by atoms with E-state index in [-0.39, 0.29) is 24.4 Å². The lowest BCUT2D eigenvalue weighted by Gasteiger charge is -2.27. The monoisotopic (exact) mass is 459 g/mol. The number of aliphatic imine (C=N–C) groups is 1. The van der Waals surface area contributed by atoms with Gasteiger partial charge in [-0.2, -0.15) is 13.2 Å². The number of alkyl halides is 3. The van der Waals surface area contributed by atoms with Crippen LogP contribution in [0.5, 0.6) is 0 Å². The third-order valence-corrected chi connectivity index (χ3v) is 5.57. The number of nitrogens with two attached hydrogens (primary N) is 1. The van der Waals surface area contributed by atoms with E-state index in [9.17, 15) is 18.0 Å². The predicted octanol–water partition coefficient (Wildman–Crippen LogP) is 4.09. The zero-order chi connectivity index (χ0) is 24.2. The second-order valence-corrected chi connectivity index (χ2v) is 8.37. The Morgan fingerprint density at radius 2 is 2.03 bits per heavy atom. The molecule has 1 aromatic heterocycles. The molecule has 0 saturated heterocycles. The van der Waals surface area contributed by atoms with Crippen molar-refractivity contribution in [2.45, 2.75) is 39.2 Å². The van der Waals surface area contributed by atoms with Gasteiger partial charge in [0.2, 0.25) is 0 Å². The lowest BCUT2D eigenvalue weighted by atomic mass is 9.99. The Bertz CT molecular complexity index is 1050. The number of nitrogens with one attached hydrogen (secondary N) is 1. The Morgan fingerprint density at radius 3 is 2.61 bits per heavy atom. The van der Waals surface area contributed by atoms with Crippen molar-refractivity contribution in [1.29, 1.82) is 0 Å². The maximum atomic E-state index is 12.9. The van der Waals surface area contributed by atoms with Crippen molar-refractivity contribution < 1.29 is 18.0 Å². The number of carbonyl (C=O) groups is 1. The molecule has 0 radical (unpaired) electrons. The number of nitrogens with zero attached hydrogens (tertiary/aromatic N) is 3. The fraction of sp³-hybridized carbons (Fsp3) is 0.375. The van der Waals surface area contributed by atoms with E-state index in [4.69, 9.17) is 5.73 Å². The summed E-state index contributed by atoms with van der Waals surface area (Å²) in [7, 11) is 1.62. The smallest absolute Gasteiger partial charge is 0.404 e. The lowest BCUT2D eigenvalue weighted by molar-refractivity contribution is -0.137. The predicted molar refractivity (Wildman–Crippen MR) is 122 cm³/mol. The van der Waals surface area contributed by atoms with Crippen LogP contribution in [0.2, 0.25) is 0 Å². The molecule has 0 bridgehead atoms. The van der Waals surface area contributed by atoms with Crippen LogP contribution in [0.25, 0.3) is 0 Å². The van der Waals surface area contributed by atoms with E-state index in [1.54, 1.807) is 19.5 Å². The maximum absolute atomic E-state index is 12.9. The number of benzene rings is 1. The first-order chi connectivity index (χ1) is 15.6. The molecular weight excluding hydrogens is 431 g/mol. The average molecular weight is 460 g/mol. The average Bonchev–Trinajstić information content (AvgIpc) is 3.13. The largest absolute Gasteiger partial charge is 0.416 e. The molecule has 1 atom stereocenters. The summed E-state index contributed by atoms with van der Waals surface area (Å²) < 4.78 is 38.6. The second kappa shape index (κ2) is 10.2. The number of rotatable bonds is 7. The number of amides is 1. The zero-order valence-electron chi connectivity index (χ0n) is 18.9. The molecule has 3 N–H and O–H groups in total. The van der Waals surface area contributed by atoms with Gasteiger partial charge in [0.1, 0.15) is 0 Å². The Morgan fingerprint density at radius 1 is 1.33 bits per heavy atom. The molecule has 0 unspecified atom stereocenters. The number of aromatic nitrogens is 1. The quantitative estimate of drug-likeness (QED) is 0.611. The van der Waals surface area contributed by atoms with Crippen LogP contribution >= 0.6 is 0 Å². The van der Waals surface area contributed by atoms with Crippen LogP contribution in [0, 0.1) is 5.92 Å². The minimum Gasteiger partial charge on any atom is -0.404 e. The molecule has 2 heterocycles. The fourth-order valence-corrected chi connectivity index (χ4v) is 4.05. The first-order valence-corrected chi connectivity index (χ1v) is 10.6. The number of halogens is 3. The summed E-state index contributed by atoms with van der Waals surface area (Å²) in [5.74, 6) is -0.0325. The molecule has 1 aliphatic heterocycles. The van der Waals surface area contributed by atoms with Crippen molar-refractivity contribution in [2.75, 3.05) is 13.6 Å². The van der Waals surface area contributed by atoms with Crippen LogP contribution in [0.3, 0.4) is 0 Å². The molecule has 9 heteroatoms. The molecule has 0 spiro atoms. The van der Waals surface area contributed by atoms with Gasteiger partial charge in [-0.05, 0) is 35.2 Å². The summed E-state index contributed by atoms with van der Waals surface area (Å²) in [4.78, 5) is 23.3. The van der Waals surface area contributed by atoms with Crippen molar-refractivity contribution >= 4 is 12.1 Å². The summed E-state index contributed by atoms with van der Waals surface area (Å²) in [6.07, 6.45) is 0.174. The summed E-state index contributed by atoms with van der Waals surface area (Å²) in [6.45, 7) is 5.46. The minimum atomic E-state index is -4.35. The van der Waals surface area contributed by atoms with E-state index < -0.39 is 11.7 Å². The first-order valence-electron chi connectivity index (χ1n) is 10.6. The number of hydrogen-bond donors (Lipinski definition) is 2. The first kappa shape index (κ1) is 24.4. The number of hydrogen-bond acceptors (Lipinski definition) is 5. The minimum absolute atomic E-state index is 0.00643. The van der Waals surface area contributed by atoms with Crippen molar-refractivity contribution in [1.82, 2.24) is 15.2 Å². The standard InChI is InChI=1S/C24H28F3N5O/c1-15(2)22-21-19(8-18(12-30-21)23(33)31-11-17(9-28)10-29-3)14-32(22)13-16-4-6-20(7-5-16)24(25,26)27/h4-10,12,15,22H,11,13-14,28H2,1-3H3,(H,31,33)/b17-9+,29-10?/t22-/m0/s1. The summed E-state index contributed by atoms with van der Waals surface area (Å²) in [5, 5.41) is 2.80. The fourth-order valence-electron chi connectivity index (χ4n) is 4.05. The molecule has 2 aromatic rings. The van der Waals surface area contributed by atoms with Crippen molar-refractivity contribution in [3.8, 4) is 0 Å². The van der Waals surface area contributed by atoms with E-state index in [0.717, 1.165) is 29.0 Å². The van der Waals surface area contributed by atoms with Gasteiger partial charge in [0, 0.05) is 50.9 Å². The van der Waals surface area contributed by atoms with Crippen LogP contribution in [0.4, 0.5) is 13.2 Å². The van der Waals surface area contributed by atoms with E-state index in [1.165, 1.54) is 18.3 Å². The van der Waals surface area contributed by atoms with Crippen LogP contribution in [0.1, 0.15) is 52.6 Å². The lowest BCUT2D eigenvalue weighted by Crippen LogP contribution is -2.26. The van der Waals surface area contributed by atoms with Gasteiger partial charge in [0.25, 0.3) is 5.91 Å². The normalized spacial score (nSPS) is 17.1. The van der Waals surface area contributed by atoms with Gasteiger partial charge in [-0.3, -0.25) is 19.7 Å². The van der Waals surface area contributed by atoms with Crippen LogP contribution in [-0.4, -0.2) is 35.6 Å². The maximum Gasteiger partial charge on any atom is 0.416 e. The van der Waals surface area contributed by atoms with Gasteiger partial charge in [-0.15, -0.1) is 0 Å². The van der Waals surface area contributed by atoms with E-state index in [0.29, 0.717) is 24.2 Å². The Balaban J connectivity index is 1.75. The van der Waals surface area contributed by atoms with E-state index in [2.05, 4.69) is 34.0 Å². The molecule has 0 saturated carbocycles. The molecule has 176 valence electrons.